The zero-order valence-corrected chi connectivity index (χ0v) is 53.3. The number of unbranched alkanes of at least 4 members (excludes halogenated alkanes) is 2. The van der Waals surface area contributed by atoms with Crippen LogP contribution in [0.5, 0.6) is 0 Å². The van der Waals surface area contributed by atoms with Gasteiger partial charge in [0.05, 0.1) is 11.8 Å². The Morgan fingerprint density at radius 3 is 0.765 bits per heavy atom. The van der Waals surface area contributed by atoms with E-state index >= 15 is 0 Å². The Morgan fingerprint density at radius 1 is 0.456 bits per heavy atom. The van der Waals surface area contributed by atoms with Crippen molar-refractivity contribution in [2.24, 2.45) is 69.5 Å². The van der Waals surface area contributed by atoms with E-state index in [9.17, 15) is 26.3 Å². The van der Waals surface area contributed by atoms with Crippen LogP contribution in [0.25, 0.3) is 0 Å². The first-order chi connectivity index (χ1) is 31.2. The average molecular weight is 1000 g/mol. The topological polar surface area (TPSA) is 0 Å². The maximum absolute atomic E-state index is 11.6. The van der Waals surface area contributed by atoms with Gasteiger partial charge in [-0.05, 0) is 76.9 Å². The van der Waals surface area contributed by atoms with E-state index < -0.39 is 30.6 Å². The molecule has 0 amide bonds. The first-order valence-corrected chi connectivity index (χ1v) is 27.9. The van der Waals surface area contributed by atoms with Crippen molar-refractivity contribution in [1.82, 2.24) is 0 Å². The predicted molar refractivity (Wildman–Crippen MR) is 307 cm³/mol. The van der Waals surface area contributed by atoms with Crippen molar-refractivity contribution in [3.05, 3.63) is 0 Å². The molecule has 0 nitrogen and oxygen atoms in total. The molecule has 0 aromatic heterocycles. The highest BCUT2D eigenvalue weighted by atomic mass is 19.4. The van der Waals surface area contributed by atoms with Crippen molar-refractivity contribution in [2.45, 2.75) is 337 Å². The monoisotopic (exact) mass is 1000 g/mol. The normalized spacial score (nSPS) is 17.2. The quantitative estimate of drug-likeness (QED) is 0.202. The van der Waals surface area contributed by atoms with Gasteiger partial charge in [0.1, 0.15) is 0 Å². The van der Waals surface area contributed by atoms with Crippen LogP contribution in [0.2, 0.25) is 0 Å². The van der Waals surface area contributed by atoms with Gasteiger partial charge >= 0.3 is 12.4 Å². The third kappa shape index (κ3) is 126. The molecule has 0 aromatic carbocycles. The Hall–Kier alpha value is -0.420. The Morgan fingerprint density at radius 2 is 0.735 bits per heavy atom. The number of alkyl halides is 6. The lowest BCUT2D eigenvalue weighted by Gasteiger charge is -2.15. The molecule has 1 saturated carbocycles. The highest BCUT2D eigenvalue weighted by Crippen LogP contribution is 2.35. The van der Waals surface area contributed by atoms with Gasteiger partial charge in [-0.15, -0.1) is 0 Å². The fourth-order valence-electron chi connectivity index (χ4n) is 4.12. The van der Waals surface area contributed by atoms with Gasteiger partial charge in [0, 0.05) is 4.11 Å². The summed E-state index contributed by atoms with van der Waals surface area (Å²) in [5.41, 5.74) is 0.863. The Labute approximate surface area is 435 Å². The number of hydrogen-bond acceptors (Lipinski definition) is 0. The van der Waals surface area contributed by atoms with Gasteiger partial charge in [-0.25, -0.2) is 0 Å². The molecular formula is C62H138F6. The summed E-state index contributed by atoms with van der Waals surface area (Å²) in [7, 11) is 0. The van der Waals surface area contributed by atoms with Gasteiger partial charge < -0.3 is 0 Å². The summed E-state index contributed by atoms with van der Waals surface area (Å²) in [5, 5.41) is 0. The van der Waals surface area contributed by atoms with Crippen LogP contribution in [-0.4, -0.2) is 12.4 Å². The van der Waals surface area contributed by atoms with Crippen molar-refractivity contribution >= 4 is 0 Å². The first kappa shape index (κ1) is 81.6. The Kier molecular flexibility index (Phi) is 67.1. The summed E-state index contributed by atoms with van der Waals surface area (Å²) in [6.07, 6.45) is 6.89. The number of hydrogen-bond donors (Lipinski definition) is 0. The smallest absolute Gasteiger partial charge is 0.171 e. The molecule has 1 fully saturated rings. The lowest BCUT2D eigenvalue weighted by molar-refractivity contribution is -0.171. The summed E-state index contributed by atoms with van der Waals surface area (Å²) in [5.74, 6) is 3.04. The van der Waals surface area contributed by atoms with E-state index in [-0.39, 0.29) is 24.2 Å². The minimum Gasteiger partial charge on any atom is -0.171 e. The predicted octanol–water partition coefficient (Wildman–Crippen LogP) is 26.0. The molecule has 1 aliphatic carbocycles. The first-order valence-electron chi connectivity index (χ1n) is 29.4. The standard InChI is InChI=1S/C8H16.C7H16.C6H11F3.3C6H14.C5H9F3.2C5H12.2C4H10/c1-6-4-5-7(2)8(6)3;1-5-6-7(2,3)4;1-3-4-5(2)6(7,8)9;2*1-5-6(2,3)4;1-4-5-6(2)3;1-3-4(2)5(6,7)8;1-4-5(2)3;1-3-5-4-2;2*1-4(2)3/h6-8H,4-5H2,1-3H3;5-6H2,1-4H3;5H,3-4H2,1-2H3;2*5H2,1-4H3;6H,4-5H2,1-3H3;4H,3H2,1-2H3;5H,4H2,1-3H3;3-5H2,1-2H3;2*4H,1-3H3/i;;;5D2;;;;;;4D;. The molecule has 0 heterocycles. The molecule has 0 radical (unpaired) electrons. The lowest BCUT2D eigenvalue weighted by atomic mass is 9.91. The maximum Gasteiger partial charge on any atom is 0.391 e. The molecule has 1 aliphatic rings. The van der Waals surface area contributed by atoms with Crippen molar-refractivity contribution in [2.75, 3.05) is 0 Å². The summed E-state index contributed by atoms with van der Waals surface area (Å²) in [6, 6.07) is 0. The lowest BCUT2D eigenvalue weighted by Crippen LogP contribution is -2.19. The van der Waals surface area contributed by atoms with Crippen molar-refractivity contribution in [3.8, 4) is 0 Å². The number of halogens is 6. The van der Waals surface area contributed by atoms with E-state index in [1.165, 1.54) is 91.4 Å². The molecule has 0 N–H and O–H groups in total. The van der Waals surface area contributed by atoms with E-state index in [1.807, 2.05) is 41.5 Å². The summed E-state index contributed by atoms with van der Waals surface area (Å²) >= 11 is 0. The van der Waals surface area contributed by atoms with Crippen molar-refractivity contribution < 1.29 is 30.5 Å². The molecule has 6 heteroatoms. The van der Waals surface area contributed by atoms with Crippen LogP contribution < -0.4 is 0 Å². The SMILES string of the molecule is CC(C)C.CC1CCC(C)C1C.CCC(C)(C)C.CCC(C)C.CCC(C)C(F)(F)F.CCCC(C)(C)C.CCCC(C)C.CCCC(C)C(F)(F)F.CCCCC.[2H]C(C)(C)C.[2H]C([2H])(C)C(C)(C)C. The van der Waals surface area contributed by atoms with Crippen LogP contribution in [0.1, 0.15) is 329 Å². The molecule has 428 valence electrons. The van der Waals surface area contributed by atoms with Crippen molar-refractivity contribution in [3.63, 3.8) is 0 Å². The fourth-order valence-corrected chi connectivity index (χ4v) is 4.12. The van der Waals surface area contributed by atoms with Crippen LogP contribution in [0.15, 0.2) is 0 Å². The van der Waals surface area contributed by atoms with Gasteiger partial charge in [-0.3, -0.25) is 0 Å². The minimum absolute atomic E-state index is 0.170. The highest BCUT2D eigenvalue weighted by Gasteiger charge is 2.35. The summed E-state index contributed by atoms with van der Waals surface area (Å²) in [6.45, 7) is 67.9. The van der Waals surface area contributed by atoms with Gasteiger partial charge in [0.25, 0.3) is 0 Å². The van der Waals surface area contributed by atoms with E-state index in [0.29, 0.717) is 17.3 Å². The van der Waals surface area contributed by atoms with Gasteiger partial charge in [0.2, 0.25) is 0 Å². The highest BCUT2D eigenvalue weighted by molar-refractivity contribution is 4.76. The van der Waals surface area contributed by atoms with Crippen LogP contribution in [0.4, 0.5) is 26.3 Å². The molecule has 1 rings (SSSR count). The second kappa shape index (κ2) is 55.9. The average Bonchev–Trinajstić information content (AvgIpc) is 3.44. The Balaban J connectivity index is -0.0000000726. The third-order valence-electron chi connectivity index (χ3n) is 10.5. The molecule has 0 aromatic rings. The largest absolute Gasteiger partial charge is 0.391 e. The summed E-state index contributed by atoms with van der Waals surface area (Å²) in [4.78, 5) is 0. The Bertz CT molecular complexity index is 953. The van der Waals surface area contributed by atoms with Gasteiger partial charge in [0.15, 0.2) is 0 Å². The molecule has 0 spiro atoms. The zero-order valence-electron chi connectivity index (χ0n) is 56.3. The van der Waals surface area contributed by atoms with Crippen molar-refractivity contribution in [1.29, 1.82) is 0 Å². The third-order valence-corrected chi connectivity index (χ3v) is 10.5. The zero-order chi connectivity index (χ0) is 60.0. The number of rotatable bonds is 9. The van der Waals surface area contributed by atoms with E-state index in [1.54, 1.807) is 13.8 Å². The second-order valence-corrected chi connectivity index (χ2v) is 24.8. The fraction of sp³-hybridized carbons (Fsp3) is 1.00. The molecular weight excluding hydrogens is 859 g/mol. The van der Waals surface area contributed by atoms with E-state index in [2.05, 4.69) is 152 Å². The maximum atomic E-state index is 11.6. The van der Waals surface area contributed by atoms with Crippen LogP contribution in [0.3, 0.4) is 0 Å². The van der Waals surface area contributed by atoms with E-state index in [4.69, 9.17) is 4.11 Å². The molecule has 4 unspecified atom stereocenters. The van der Waals surface area contributed by atoms with E-state index in [0.717, 1.165) is 35.5 Å². The second-order valence-electron chi connectivity index (χ2n) is 24.8. The molecule has 4 atom stereocenters. The van der Waals surface area contributed by atoms with Gasteiger partial charge in [-0.1, -0.05) is 305 Å². The van der Waals surface area contributed by atoms with Gasteiger partial charge in [-0.2, -0.15) is 26.3 Å². The summed E-state index contributed by atoms with van der Waals surface area (Å²) < 4.78 is 90.7. The molecule has 0 aliphatic heterocycles. The van der Waals surface area contributed by atoms with Crippen LogP contribution in [0, 0.1) is 69.5 Å². The molecule has 0 bridgehead atoms. The molecule has 0 saturated heterocycles. The van der Waals surface area contributed by atoms with Crippen LogP contribution >= 0.6 is 0 Å². The minimum atomic E-state index is -3.99. The molecule has 68 heavy (non-hydrogen) atoms. The van der Waals surface area contributed by atoms with Crippen LogP contribution in [-0.2, 0) is 0 Å².